The Morgan fingerprint density at radius 1 is 1.37 bits per heavy atom. The van der Waals surface area contributed by atoms with Crippen LogP contribution in [0.1, 0.15) is 37.0 Å². The summed E-state index contributed by atoms with van der Waals surface area (Å²) in [5, 5.41) is 4.10. The molecule has 1 rings (SSSR count). The van der Waals surface area contributed by atoms with Gasteiger partial charge in [-0.1, -0.05) is 38.6 Å². The van der Waals surface area contributed by atoms with E-state index in [4.69, 9.17) is 4.74 Å². The molecule has 0 heterocycles. The third-order valence-electron chi connectivity index (χ3n) is 2.62. The van der Waals surface area contributed by atoms with Crippen molar-refractivity contribution >= 4 is 11.6 Å². The maximum absolute atomic E-state index is 12.0. The van der Waals surface area contributed by atoms with Gasteiger partial charge in [0.15, 0.2) is 0 Å². The molecule has 1 N–H and O–H groups in total. The van der Waals surface area contributed by atoms with Crippen molar-refractivity contribution in [1.29, 1.82) is 0 Å². The lowest BCUT2D eigenvalue weighted by atomic mass is 10.2. The quantitative estimate of drug-likeness (QED) is 0.465. The van der Waals surface area contributed by atoms with Gasteiger partial charge >= 0.3 is 0 Å². The Morgan fingerprint density at radius 2 is 2.05 bits per heavy atom. The van der Waals surface area contributed by atoms with E-state index in [-0.39, 0.29) is 5.91 Å². The molecule has 0 radical (unpaired) electrons. The summed E-state index contributed by atoms with van der Waals surface area (Å²) in [7, 11) is 0. The first-order valence-electron chi connectivity index (χ1n) is 6.41. The van der Waals surface area contributed by atoms with Crippen LogP contribution in [-0.2, 0) is 0 Å². The van der Waals surface area contributed by atoms with E-state index in [0.29, 0.717) is 17.9 Å². The molecule has 1 amide bonds. The molecule has 19 heavy (non-hydrogen) atoms. The number of hydrogen-bond donors (Lipinski definition) is 1. The maximum atomic E-state index is 12.0. The highest BCUT2D eigenvalue weighted by atomic mass is 16.5. The highest BCUT2D eigenvalue weighted by Gasteiger charge is 2.11. The molecule has 1 aromatic carbocycles. The zero-order valence-electron chi connectivity index (χ0n) is 11.5. The molecule has 0 atom stereocenters. The summed E-state index contributed by atoms with van der Waals surface area (Å²) in [5.41, 5.74) is 3.99. The van der Waals surface area contributed by atoms with Gasteiger partial charge in [0.2, 0.25) is 0 Å². The number of benzene rings is 1. The molecular formula is C15H20N2O2. The monoisotopic (exact) mass is 260 g/mol. The molecule has 0 saturated carbocycles. The average molecular weight is 260 g/mol. The molecule has 4 heteroatoms. The molecule has 0 unspecified atom stereocenters. The summed E-state index contributed by atoms with van der Waals surface area (Å²) < 4.78 is 5.44. The second-order valence-corrected chi connectivity index (χ2v) is 3.92. The summed E-state index contributed by atoms with van der Waals surface area (Å²) >= 11 is 0. The van der Waals surface area contributed by atoms with Crippen LogP contribution in [-0.4, -0.2) is 18.2 Å². The van der Waals surface area contributed by atoms with Crippen molar-refractivity contribution in [3.63, 3.8) is 0 Å². The van der Waals surface area contributed by atoms with Gasteiger partial charge in [0.1, 0.15) is 12.4 Å². The number of nitrogens with one attached hydrogen (secondary N) is 1. The fourth-order valence-electron chi connectivity index (χ4n) is 1.53. The van der Waals surface area contributed by atoms with Gasteiger partial charge in [-0.2, -0.15) is 5.10 Å². The Hall–Kier alpha value is -2.10. The van der Waals surface area contributed by atoms with Gasteiger partial charge in [0.05, 0.1) is 5.56 Å². The number of rotatable bonds is 7. The first kappa shape index (κ1) is 15.0. The van der Waals surface area contributed by atoms with Crippen LogP contribution < -0.4 is 10.2 Å². The zero-order chi connectivity index (χ0) is 14.1. The normalized spacial score (nSPS) is 9.58. The van der Waals surface area contributed by atoms with Crippen molar-refractivity contribution in [3.05, 3.63) is 42.5 Å². The molecule has 102 valence electrons. The Bertz CT molecular complexity index is 461. The minimum atomic E-state index is -0.265. The van der Waals surface area contributed by atoms with Gasteiger partial charge in [-0.25, -0.2) is 5.43 Å². The maximum Gasteiger partial charge on any atom is 0.275 e. The summed E-state index contributed by atoms with van der Waals surface area (Å²) in [4.78, 5) is 12.0. The van der Waals surface area contributed by atoms with Crippen LogP contribution in [0.15, 0.2) is 42.0 Å². The predicted molar refractivity (Wildman–Crippen MR) is 77.6 cm³/mol. The Balaban J connectivity index is 2.81. The summed E-state index contributed by atoms with van der Waals surface area (Å²) in [6.07, 6.45) is 3.29. The fourth-order valence-corrected chi connectivity index (χ4v) is 1.53. The van der Waals surface area contributed by atoms with Crippen molar-refractivity contribution in [2.45, 2.75) is 26.7 Å². The third kappa shape index (κ3) is 4.58. The molecule has 0 fully saturated rings. The van der Waals surface area contributed by atoms with Crippen LogP contribution in [0.4, 0.5) is 0 Å². The van der Waals surface area contributed by atoms with Crippen LogP contribution in [0.2, 0.25) is 0 Å². The number of amides is 1. The SMILES string of the molecule is C=CCOc1ccccc1C(=O)NN=C(CC)CC. The van der Waals surface area contributed by atoms with Gasteiger partial charge in [-0.3, -0.25) is 4.79 Å². The summed E-state index contributed by atoms with van der Waals surface area (Å²) in [5.74, 6) is 0.267. The van der Waals surface area contributed by atoms with Crippen LogP contribution >= 0.6 is 0 Å². The second kappa shape index (κ2) is 8.08. The lowest BCUT2D eigenvalue weighted by Crippen LogP contribution is -2.20. The largest absolute Gasteiger partial charge is 0.489 e. The minimum Gasteiger partial charge on any atom is -0.489 e. The number of hydrazone groups is 1. The zero-order valence-corrected chi connectivity index (χ0v) is 11.5. The van der Waals surface area contributed by atoms with E-state index in [1.807, 2.05) is 19.9 Å². The highest BCUT2D eigenvalue weighted by molar-refractivity contribution is 5.97. The minimum absolute atomic E-state index is 0.265. The third-order valence-corrected chi connectivity index (χ3v) is 2.62. The first-order valence-corrected chi connectivity index (χ1v) is 6.41. The molecule has 0 aliphatic heterocycles. The van der Waals surface area contributed by atoms with E-state index in [0.717, 1.165) is 18.6 Å². The van der Waals surface area contributed by atoms with E-state index in [9.17, 15) is 4.79 Å². The number of hydrogen-bond acceptors (Lipinski definition) is 3. The number of para-hydroxylation sites is 1. The van der Waals surface area contributed by atoms with Crippen LogP contribution in [0.3, 0.4) is 0 Å². The smallest absolute Gasteiger partial charge is 0.275 e. The Morgan fingerprint density at radius 3 is 2.68 bits per heavy atom. The molecule has 0 aliphatic rings. The lowest BCUT2D eigenvalue weighted by molar-refractivity contribution is 0.0951. The number of nitrogens with zero attached hydrogens (tertiary/aromatic N) is 1. The standard InChI is InChI=1S/C15H20N2O2/c1-4-11-19-14-10-8-7-9-13(14)15(18)17-16-12(5-2)6-3/h4,7-10H,1,5-6,11H2,2-3H3,(H,17,18). The van der Waals surface area contributed by atoms with E-state index < -0.39 is 0 Å². The molecule has 4 nitrogen and oxygen atoms in total. The number of ether oxygens (including phenoxy) is 1. The second-order valence-electron chi connectivity index (χ2n) is 3.92. The average Bonchev–Trinajstić information content (AvgIpc) is 2.46. The van der Waals surface area contributed by atoms with Gasteiger partial charge in [-0.15, -0.1) is 0 Å². The molecular weight excluding hydrogens is 240 g/mol. The van der Waals surface area contributed by atoms with E-state index in [1.165, 1.54) is 0 Å². The molecule has 1 aromatic rings. The first-order chi connectivity index (χ1) is 9.22. The highest BCUT2D eigenvalue weighted by Crippen LogP contribution is 2.17. The van der Waals surface area contributed by atoms with Gasteiger partial charge in [0, 0.05) is 5.71 Å². The predicted octanol–water partition coefficient (Wildman–Crippen LogP) is 3.16. The van der Waals surface area contributed by atoms with Crippen LogP contribution in [0.25, 0.3) is 0 Å². The number of carbonyl (C=O) groups is 1. The molecule has 0 aliphatic carbocycles. The van der Waals surface area contributed by atoms with Gasteiger partial charge < -0.3 is 4.74 Å². The van der Waals surface area contributed by atoms with E-state index >= 15 is 0 Å². The van der Waals surface area contributed by atoms with Crippen molar-refractivity contribution in [3.8, 4) is 5.75 Å². The fraction of sp³-hybridized carbons (Fsp3) is 0.333. The van der Waals surface area contributed by atoms with Gasteiger partial charge in [0.25, 0.3) is 5.91 Å². The van der Waals surface area contributed by atoms with Crippen LogP contribution in [0, 0.1) is 0 Å². The Kier molecular flexibility index (Phi) is 6.36. The molecule has 0 spiro atoms. The lowest BCUT2D eigenvalue weighted by Gasteiger charge is -2.09. The van der Waals surface area contributed by atoms with Crippen molar-refractivity contribution in [2.75, 3.05) is 6.61 Å². The van der Waals surface area contributed by atoms with Crippen LogP contribution in [0.5, 0.6) is 5.75 Å². The van der Waals surface area contributed by atoms with E-state index in [1.54, 1.807) is 24.3 Å². The summed E-state index contributed by atoms with van der Waals surface area (Å²) in [6.45, 7) is 7.97. The molecule has 0 aromatic heterocycles. The topological polar surface area (TPSA) is 50.7 Å². The van der Waals surface area contributed by atoms with Crippen molar-refractivity contribution in [2.24, 2.45) is 5.10 Å². The Labute approximate surface area is 114 Å². The van der Waals surface area contributed by atoms with Crippen molar-refractivity contribution in [1.82, 2.24) is 5.43 Å². The number of carbonyl (C=O) groups excluding carboxylic acids is 1. The van der Waals surface area contributed by atoms with Crippen molar-refractivity contribution < 1.29 is 9.53 Å². The summed E-state index contributed by atoms with van der Waals surface area (Å²) in [6, 6.07) is 7.07. The van der Waals surface area contributed by atoms with E-state index in [2.05, 4.69) is 17.1 Å². The molecule has 0 saturated heterocycles. The molecule has 0 bridgehead atoms. The van der Waals surface area contributed by atoms with Gasteiger partial charge in [-0.05, 0) is 25.0 Å².